The van der Waals surface area contributed by atoms with Gasteiger partial charge in [0.1, 0.15) is 5.82 Å². The number of likely N-dealkylation sites (tertiary alicyclic amines) is 1. The van der Waals surface area contributed by atoms with E-state index in [4.69, 9.17) is 4.74 Å². The van der Waals surface area contributed by atoms with E-state index >= 15 is 0 Å². The zero-order valence-electron chi connectivity index (χ0n) is 13.4. The van der Waals surface area contributed by atoms with Crippen molar-refractivity contribution in [2.24, 2.45) is 0 Å². The molecule has 1 aliphatic heterocycles. The first-order valence-corrected chi connectivity index (χ1v) is 7.77. The summed E-state index contributed by atoms with van der Waals surface area (Å²) in [6, 6.07) is 7.09. The average Bonchev–Trinajstić information content (AvgIpc) is 2.50. The topological polar surface area (TPSA) is 24.5 Å². The number of piperidine rings is 1. The van der Waals surface area contributed by atoms with Gasteiger partial charge in [0.2, 0.25) is 0 Å². The highest BCUT2D eigenvalue weighted by molar-refractivity contribution is 5.21. The molecule has 4 heteroatoms. The summed E-state index contributed by atoms with van der Waals surface area (Å²) in [4.78, 5) is 2.43. The predicted molar refractivity (Wildman–Crippen MR) is 83.9 cm³/mol. The van der Waals surface area contributed by atoms with E-state index in [1.54, 1.807) is 13.2 Å². The number of hydrogen-bond donors (Lipinski definition) is 1. The summed E-state index contributed by atoms with van der Waals surface area (Å²) < 4.78 is 19.5. The summed E-state index contributed by atoms with van der Waals surface area (Å²) in [7, 11) is 3.69. The van der Waals surface area contributed by atoms with Crippen LogP contribution < -0.4 is 5.32 Å². The molecule has 1 saturated heterocycles. The minimum Gasteiger partial charge on any atom is -0.377 e. The zero-order chi connectivity index (χ0) is 15.3. The first-order valence-electron chi connectivity index (χ1n) is 7.77. The zero-order valence-corrected chi connectivity index (χ0v) is 13.4. The third kappa shape index (κ3) is 4.25. The van der Waals surface area contributed by atoms with Gasteiger partial charge in [-0.15, -0.1) is 0 Å². The van der Waals surface area contributed by atoms with Crippen LogP contribution in [0.15, 0.2) is 24.3 Å². The highest BCUT2D eigenvalue weighted by atomic mass is 19.1. The van der Waals surface area contributed by atoms with Gasteiger partial charge in [-0.3, -0.25) is 0 Å². The van der Waals surface area contributed by atoms with E-state index in [1.165, 1.54) is 6.07 Å². The molecule has 0 amide bonds. The van der Waals surface area contributed by atoms with Crippen molar-refractivity contribution in [1.82, 2.24) is 10.2 Å². The average molecular weight is 294 g/mol. The van der Waals surface area contributed by atoms with E-state index in [0.717, 1.165) is 44.5 Å². The molecule has 0 radical (unpaired) electrons. The molecule has 1 aromatic rings. The van der Waals surface area contributed by atoms with Gasteiger partial charge in [-0.2, -0.15) is 0 Å². The highest BCUT2D eigenvalue weighted by Gasteiger charge is 2.30. The molecule has 21 heavy (non-hydrogen) atoms. The van der Waals surface area contributed by atoms with Gasteiger partial charge in [0, 0.05) is 31.8 Å². The first kappa shape index (κ1) is 16.4. The molecule has 2 unspecified atom stereocenters. The lowest BCUT2D eigenvalue weighted by Crippen LogP contribution is -2.47. The standard InChI is InChI=1S/C17H27FN2O/c1-17(21-3)10-6-11-20(13-17)12-9-16(19-2)14-7-4-5-8-15(14)18/h4-5,7-8,16,19H,6,9-13H2,1-3H3. The number of nitrogens with one attached hydrogen (secondary N) is 1. The first-order chi connectivity index (χ1) is 10.1. The second-order valence-electron chi connectivity index (χ2n) is 6.19. The lowest BCUT2D eigenvalue weighted by atomic mass is 9.94. The van der Waals surface area contributed by atoms with Crippen molar-refractivity contribution in [2.45, 2.75) is 37.8 Å². The van der Waals surface area contributed by atoms with Crippen LogP contribution in [0.5, 0.6) is 0 Å². The number of ether oxygens (including phenoxy) is 1. The number of rotatable bonds is 6. The molecule has 2 atom stereocenters. The van der Waals surface area contributed by atoms with Crippen molar-refractivity contribution in [1.29, 1.82) is 0 Å². The van der Waals surface area contributed by atoms with Crippen molar-refractivity contribution < 1.29 is 9.13 Å². The van der Waals surface area contributed by atoms with Gasteiger partial charge in [0.15, 0.2) is 0 Å². The Morgan fingerprint density at radius 3 is 2.86 bits per heavy atom. The second-order valence-corrected chi connectivity index (χ2v) is 6.19. The normalized spacial score (nSPS) is 25.0. The molecule has 1 heterocycles. The Balaban J connectivity index is 1.93. The van der Waals surface area contributed by atoms with Crippen LogP contribution in [-0.4, -0.2) is 44.3 Å². The van der Waals surface area contributed by atoms with Gasteiger partial charge in [-0.25, -0.2) is 4.39 Å². The quantitative estimate of drug-likeness (QED) is 0.873. The Morgan fingerprint density at radius 1 is 1.43 bits per heavy atom. The molecule has 0 aliphatic carbocycles. The fourth-order valence-electron chi connectivity index (χ4n) is 3.19. The summed E-state index contributed by atoms with van der Waals surface area (Å²) in [5.41, 5.74) is 0.720. The summed E-state index contributed by atoms with van der Waals surface area (Å²) in [5.74, 6) is -0.128. The van der Waals surface area contributed by atoms with Crippen molar-refractivity contribution in [3.8, 4) is 0 Å². The third-order valence-electron chi connectivity index (χ3n) is 4.59. The van der Waals surface area contributed by atoms with Crippen molar-refractivity contribution >= 4 is 0 Å². The maximum Gasteiger partial charge on any atom is 0.127 e. The van der Waals surface area contributed by atoms with E-state index in [9.17, 15) is 4.39 Å². The van der Waals surface area contributed by atoms with Crippen molar-refractivity contribution in [2.75, 3.05) is 33.8 Å². The number of nitrogens with zero attached hydrogens (tertiary/aromatic N) is 1. The number of methoxy groups -OCH3 is 1. The fraction of sp³-hybridized carbons (Fsp3) is 0.647. The van der Waals surface area contributed by atoms with Crippen LogP contribution in [0.2, 0.25) is 0 Å². The van der Waals surface area contributed by atoms with Crippen LogP contribution in [0.1, 0.15) is 37.8 Å². The SMILES string of the molecule is CNC(CCN1CCCC(C)(OC)C1)c1ccccc1F. The molecule has 1 aromatic carbocycles. The minimum atomic E-state index is -0.128. The van der Waals surface area contributed by atoms with Crippen molar-refractivity contribution in [3.63, 3.8) is 0 Å². The van der Waals surface area contributed by atoms with Crippen LogP contribution in [0.25, 0.3) is 0 Å². The second kappa shape index (κ2) is 7.34. The molecule has 0 saturated carbocycles. The summed E-state index contributed by atoms with van der Waals surface area (Å²) >= 11 is 0. The lowest BCUT2D eigenvalue weighted by molar-refractivity contribution is -0.0512. The fourth-order valence-corrected chi connectivity index (χ4v) is 3.19. The number of hydrogen-bond acceptors (Lipinski definition) is 3. The van der Waals surface area contributed by atoms with Gasteiger partial charge in [0.25, 0.3) is 0 Å². The van der Waals surface area contributed by atoms with Gasteiger partial charge < -0.3 is 15.0 Å². The van der Waals surface area contributed by atoms with Gasteiger partial charge in [-0.05, 0) is 45.8 Å². The minimum absolute atomic E-state index is 0.0363. The largest absolute Gasteiger partial charge is 0.377 e. The number of halogens is 1. The molecule has 1 fully saturated rings. The Hall–Kier alpha value is -0.970. The highest BCUT2D eigenvalue weighted by Crippen LogP contribution is 2.25. The molecule has 0 bridgehead atoms. The van der Waals surface area contributed by atoms with Crippen LogP contribution in [0.4, 0.5) is 4.39 Å². The van der Waals surface area contributed by atoms with Gasteiger partial charge >= 0.3 is 0 Å². The Kier molecular flexibility index (Phi) is 5.73. The van der Waals surface area contributed by atoms with E-state index in [0.29, 0.717) is 0 Å². The Morgan fingerprint density at radius 2 is 2.19 bits per heavy atom. The van der Waals surface area contributed by atoms with E-state index in [2.05, 4.69) is 17.1 Å². The molecule has 3 nitrogen and oxygen atoms in total. The summed E-state index contributed by atoms with van der Waals surface area (Å²) in [5, 5.41) is 3.24. The smallest absolute Gasteiger partial charge is 0.127 e. The van der Waals surface area contributed by atoms with Gasteiger partial charge in [0.05, 0.1) is 5.60 Å². The van der Waals surface area contributed by atoms with E-state index < -0.39 is 0 Å². The predicted octanol–water partition coefficient (Wildman–Crippen LogP) is 2.98. The van der Waals surface area contributed by atoms with Crippen molar-refractivity contribution in [3.05, 3.63) is 35.6 Å². The molecule has 0 aromatic heterocycles. The van der Waals surface area contributed by atoms with Crippen LogP contribution >= 0.6 is 0 Å². The third-order valence-corrected chi connectivity index (χ3v) is 4.59. The lowest BCUT2D eigenvalue weighted by Gasteiger charge is -2.40. The maximum atomic E-state index is 13.9. The van der Waals surface area contributed by atoms with Crippen LogP contribution in [0, 0.1) is 5.82 Å². The summed E-state index contributed by atoms with van der Waals surface area (Å²) in [6.45, 7) is 5.19. The molecule has 1 N–H and O–H groups in total. The van der Waals surface area contributed by atoms with E-state index in [1.807, 2.05) is 19.2 Å². The van der Waals surface area contributed by atoms with Gasteiger partial charge in [-0.1, -0.05) is 18.2 Å². The van der Waals surface area contributed by atoms with Crippen LogP contribution in [-0.2, 0) is 4.74 Å². The molecule has 0 spiro atoms. The monoisotopic (exact) mass is 294 g/mol. The molecule has 2 rings (SSSR count). The molecule has 1 aliphatic rings. The molecular formula is C17H27FN2O. The summed E-state index contributed by atoms with van der Waals surface area (Å²) in [6.07, 6.45) is 3.17. The Bertz CT molecular complexity index is 454. The maximum absolute atomic E-state index is 13.9. The van der Waals surface area contributed by atoms with E-state index in [-0.39, 0.29) is 17.5 Å². The van der Waals surface area contributed by atoms with Crippen LogP contribution in [0.3, 0.4) is 0 Å². The molecular weight excluding hydrogens is 267 g/mol. The number of benzene rings is 1. The molecule has 118 valence electrons. The Labute approximate surface area is 127 Å².